The molecule has 2 aliphatic heterocycles. The predicted molar refractivity (Wildman–Crippen MR) is 115 cm³/mol. The normalized spacial score (nSPS) is 22.5. The number of rotatable bonds is 6. The molecule has 0 spiro atoms. The van der Waals surface area contributed by atoms with E-state index in [1.54, 1.807) is 36.5 Å². The molecule has 1 radical (unpaired) electrons. The molecule has 0 aliphatic carbocycles. The maximum atomic E-state index is 13.1. The number of aromatic nitrogens is 1. The molecule has 1 unspecified atom stereocenters. The summed E-state index contributed by atoms with van der Waals surface area (Å²) in [4.78, 5) is 44.4. The molecule has 4 rings (SSSR count). The van der Waals surface area contributed by atoms with Crippen LogP contribution in [0.3, 0.4) is 0 Å². The van der Waals surface area contributed by atoms with Crippen LogP contribution in [0.2, 0.25) is 5.02 Å². The summed E-state index contributed by atoms with van der Waals surface area (Å²) in [5, 5.41) is 4.76. The minimum Gasteiger partial charge on any atom is -0.368 e. The minimum absolute atomic E-state index is 0.118. The molecule has 1 aromatic carbocycles. The Morgan fingerprint density at radius 2 is 2.03 bits per heavy atom. The van der Waals surface area contributed by atoms with Crippen LogP contribution >= 0.6 is 11.6 Å². The van der Waals surface area contributed by atoms with Crippen molar-refractivity contribution < 1.29 is 14.4 Å². The topological polar surface area (TPSA) is 118 Å². The molecule has 2 aliphatic rings. The molecule has 2 atom stereocenters. The van der Waals surface area contributed by atoms with Gasteiger partial charge in [-0.15, -0.1) is 0 Å². The number of piperidine rings is 1. The SMILES string of the molecule is NC(=O)C1N(C(=O)[CH]Cc2ccc(Cl)cc2)CCC2=NNC(=O)[C@@]21Cc1ccccn1. The van der Waals surface area contributed by atoms with Crippen LogP contribution in [0, 0.1) is 11.8 Å². The molecular weight excluding hydrogens is 418 g/mol. The summed E-state index contributed by atoms with van der Waals surface area (Å²) < 4.78 is 0. The first kappa shape index (κ1) is 21.0. The summed E-state index contributed by atoms with van der Waals surface area (Å²) >= 11 is 5.91. The van der Waals surface area contributed by atoms with Crippen LogP contribution < -0.4 is 11.2 Å². The number of amides is 3. The van der Waals surface area contributed by atoms with E-state index >= 15 is 0 Å². The van der Waals surface area contributed by atoms with Crippen molar-refractivity contribution in [1.82, 2.24) is 15.3 Å². The van der Waals surface area contributed by atoms with Gasteiger partial charge in [-0.2, -0.15) is 5.10 Å². The quantitative estimate of drug-likeness (QED) is 0.706. The van der Waals surface area contributed by atoms with Gasteiger partial charge in [0.05, 0.1) is 12.1 Å². The molecule has 1 aromatic heterocycles. The van der Waals surface area contributed by atoms with Crippen molar-refractivity contribution in [2.24, 2.45) is 16.3 Å². The molecule has 31 heavy (non-hydrogen) atoms. The van der Waals surface area contributed by atoms with Crippen LogP contribution in [0.25, 0.3) is 0 Å². The van der Waals surface area contributed by atoms with Crippen LogP contribution in [-0.4, -0.2) is 45.9 Å². The third-order valence-corrected chi connectivity index (χ3v) is 6.00. The number of likely N-dealkylation sites (tertiary alicyclic amines) is 1. The monoisotopic (exact) mass is 438 g/mol. The highest BCUT2D eigenvalue weighted by atomic mass is 35.5. The van der Waals surface area contributed by atoms with Gasteiger partial charge >= 0.3 is 0 Å². The van der Waals surface area contributed by atoms with E-state index in [0.29, 0.717) is 29.3 Å². The van der Waals surface area contributed by atoms with Crippen molar-refractivity contribution >= 4 is 35.0 Å². The standard InChI is InChI=1S/C22H21ClN5O3/c23-15-7-4-14(5-8-15)6-9-18(29)28-12-10-17-22(19(28)20(24)30,21(31)27-26-17)13-16-3-1-2-11-25-16/h1-5,7-9,11,19H,6,10,12-13H2,(H2,24,30)(H,27,31)/t19?,22-/m0/s1. The molecule has 1 fully saturated rings. The van der Waals surface area contributed by atoms with Gasteiger partial charge in [0, 0.05) is 36.3 Å². The van der Waals surface area contributed by atoms with Crippen molar-refractivity contribution in [3.63, 3.8) is 0 Å². The first-order chi connectivity index (χ1) is 14.9. The fraction of sp³-hybridized carbons (Fsp3) is 0.273. The van der Waals surface area contributed by atoms with E-state index in [-0.39, 0.29) is 18.9 Å². The maximum Gasteiger partial charge on any atom is 0.255 e. The molecule has 1 saturated heterocycles. The number of primary amides is 1. The van der Waals surface area contributed by atoms with E-state index in [1.165, 1.54) is 11.3 Å². The Balaban J connectivity index is 1.62. The second-order valence-electron chi connectivity index (χ2n) is 7.59. The zero-order chi connectivity index (χ0) is 22.0. The molecule has 159 valence electrons. The van der Waals surface area contributed by atoms with Crippen molar-refractivity contribution in [3.8, 4) is 0 Å². The summed E-state index contributed by atoms with van der Waals surface area (Å²) in [6.45, 7) is 0.237. The summed E-state index contributed by atoms with van der Waals surface area (Å²) in [5.74, 6) is -1.57. The van der Waals surface area contributed by atoms with Crippen LogP contribution in [0.15, 0.2) is 53.8 Å². The molecule has 0 bridgehead atoms. The van der Waals surface area contributed by atoms with Gasteiger partial charge in [-0.05, 0) is 36.2 Å². The number of nitrogens with zero attached hydrogens (tertiary/aromatic N) is 3. The minimum atomic E-state index is -1.37. The lowest BCUT2D eigenvalue weighted by atomic mass is 9.68. The summed E-state index contributed by atoms with van der Waals surface area (Å²) in [7, 11) is 0. The third-order valence-electron chi connectivity index (χ3n) is 5.74. The Morgan fingerprint density at radius 3 is 2.71 bits per heavy atom. The third kappa shape index (κ3) is 3.90. The van der Waals surface area contributed by atoms with E-state index in [1.807, 2.05) is 12.1 Å². The van der Waals surface area contributed by atoms with Crippen LogP contribution in [0.4, 0.5) is 0 Å². The number of hydrazone groups is 1. The van der Waals surface area contributed by atoms with Crippen molar-refractivity contribution in [1.29, 1.82) is 0 Å². The average Bonchev–Trinajstić information content (AvgIpc) is 3.09. The van der Waals surface area contributed by atoms with Gasteiger partial charge in [0.1, 0.15) is 11.5 Å². The molecule has 0 saturated carbocycles. The predicted octanol–water partition coefficient (Wildman–Crippen LogP) is 1.28. The molecule has 3 amide bonds. The van der Waals surface area contributed by atoms with Gasteiger partial charge < -0.3 is 10.6 Å². The Kier molecular flexibility index (Phi) is 5.73. The lowest BCUT2D eigenvalue weighted by molar-refractivity contribution is -0.146. The number of pyridine rings is 1. The molecule has 8 nitrogen and oxygen atoms in total. The fourth-order valence-electron chi connectivity index (χ4n) is 4.28. The van der Waals surface area contributed by atoms with Crippen LogP contribution in [0.5, 0.6) is 0 Å². The Morgan fingerprint density at radius 1 is 1.26 bits per heavy atom. The van der Waals surface area contributed by atoms with Gasteiger partial charge in [-0.3, -0.25) is 19.4 Å². The number of nitrogens with one attached hydrogen (secondary N) is 1. The summed E-state index contributed by atoms with van der Waals surface area (Å²) in [6.07, 6.45) is 3.94. The van der Waals surface area contributed by atoms with Gasteiger partial charge in [0.25, 0.3) is 5.91 Å². The Bertz CT molecular complexity index is 1040. The highest BCUT2D eigenvalue weighted by Gasteiger charge is 2.60. The highest BCUT2D eigenvalue weighted by Crippen LogP contribution is 2.40. The number of benzene rings is 1. The molecule has 3 heterocycles. The Hall–Kier alpha value is -3.26. The van der Waals surface area contributed by atoms with Crippen LogP contribution in [-0.2, 0) is 27.2 Å². The number of halogens is 1. The first-order valence-electron chi connectivity index (χ1n) is 9.87. The highest BCUT2D eigenvalue weighted by molar-refractivity contribution is 6.30. The van der Waals surface area contributed by atoms with Gasteiger partial charge in [-0.25, -0.2) is 5.43 Å². The van der Waals surface area contributed by atoms with E-state index in [2.05, 4.69) is 15.5 Å². The van der Waals surface area contributed by atoms with Crippen molar-refractivity contribution in [3.05, 3.63) is 71.4 Å². The van der Waals surface area contributed by atoms with Crippen LogP contribution in [0.1, 0.15) is 17.7 Å². The lowest BCUT2D eigenvalue weighted by Gasteiger charge is -2.45. The number of carbonyl (C=O) groups is 3. The van der Waals surface area contributed by atoms with E-state index in [0.717, 1.165) is 5.56 Å². The molecular formula is C22H21ClN5O3. The zero-order valence-electron chi connectivity index (χ0n) is 16.6. The average molecular weight is 439 g/mol. The number of nitrogens with two attached hydrogens (primary N) is 1. The summed E-state index contributed by atoms with van der Waals surface area (Å²) in [5.41, 5.74) is 8.90. The number of hydrogen-bond donors (Lipinski definition) is 2. The second-order valence-corrected chi connectivity index (χ2v) is 8.03. The largest absolute Gasteiger partial charge is 0.368 e. The fourth-order valence-corrected chi connectivity index (χ4v) is 4.40. The number of fused-ring (bicyclic) bond motifs is 1. The lowest BCUT2D eigenvalue weighted by Crippen LogP contribution is -2.66. The van der Waals surface area contributed by atoms with Crippen molar-refractivity contribution in [2.75, 3.05) is 6.54 Å². The van der Waals surface area contributed by atoms with Gasteiger partial charge in [0.2, 0.25) is 11.8 Å². The number of carbonyl (C=O) groups excluding carboxylic acids is 3. The maximum absolute atomic E-state index is 13.1. The number of hydrogen-bond acceptors (Lipinski definition) is 5. The van der Waals surface area contributed by atoms with Crippen molar-refractivity contribution in [2.45, 2.75) is 25.3 Å². The van der Waals surface area contributed by atoms with E-state index < -0.39 is 23.3 Å². The van der Waals surface area contributed by atoms with E-state index in [4.69, 9.17) is 17.3 Å². The Labute approximate surface area is 184 Å². The molecule has 9 heteroatoms. The molecule has 2 aromatic rings. The van der Waals surface area contributed by atoms with Gasteiger partial charge in [-0.1, -0.05) is 29.8 Å². The zero-order valence-corrected chi connectivity index (χ0v) is 17.4. The first-order valence-corrected chi connectivity index (χ1v) is 10.2. The molecule has 3 N–H and O–H groups in total. The van der Waals surface area contributed by atoms with Gasteiger partial charge in [0.15, 0.2) is 0 Å². The van der Waals surface area contributed by atoms with E-state index in [9.17, 15) is 14.4 Å². The summed E-state index contributed by atoms with van der Waals surface area (Å²) in [6, 6.07) is 11.3. The smallest absolute Gasteiger partial charge is 0.255 e. The second kappa shape index (κ2) is 8.47.